The van der Waals surface area contributed by atoms with Crippen LogP contribution in [0.25, 0.3) is 23.2 Å². The Labute approximate surface area is 191 Å². The van der Waals surface area contributed by atoms with Crippen LogP contribution in [0.1, 0.15) is 46.7 Å². The van der Waals surface area contributed by atoms with Gasteiger partial charge in [0.1, 0.15) is 11.5 Å². The van der Waals surface area contributed by atoms with Crippen LogP contribution in [0.5, 0.6) is 0 Å². The summed E-state index contributed by atoms with van der Waals surface area (Å²) in [5, 5.41) is 6.88. The van der Waals surface area contributed by atoms with E-state index in [4.69, 9.17) is 0 Å². The van der Waals surface area contributed by atoms with Crippen LogP contribution in [0.15, 0.2) is 48.3 Å². The molecule has 0 bridgehead atoms. The summed E-state index contributed by atoms with van der Waals surface area (Å²) in [6, 6.07) is 8.33. The topological polar surface area (TPSA) is 88.9 Å². The molecule has 1 saturated carbocycles. The lowest BCUT2D eigenvalue weighted by Gasteiger charge is -2.25. The lowest BCUT2D eigenvalue weighted by atomic mass is 9.85. The number of benzene rings is 1. The highest BCUT2D eigenvalue weighted by Crippen LogP contribution is 2.25. The fourth-order valence-corrected chi connectivity index (χ4v) is 3.81. The summed E-state index contributed by atoms with van der Waals surface area (Å²) in [5.74, 6) is -0.0226. The third-order valence-corrected chi connectivity index (χ3v) is 5.91. The van der Waals surface area contributed by atoms with Crippen molar-refractivity contribution in [2.24, 2.45) is 5.92 Å². The number of pyridine rings is 1. The molecule has 2 heterocycles. The van der Waals surface area contributed by atoms with Gasteiger partial charge in [-0.15, -0.1) is 0 Å². The molecule has 2 aromatic heterocycles. The number of hydrogen-bond acceptors (Lipinski definition) is 5. The number of amides is 1. The van der Waals surface area contributed by atoms with Crippen molar-refractivity contribution in [3.8, 4) is 0 Å². The third kappa shape index (κ3) is 5.06. The van der Waals surface area contributed by atoms with E-state index in [1.54, 1.807) is 18.2 Å². The van der Waals surface area contributed by atoms with E-state index in [1.807, 2.05) is 6.07 Å². The maximum absolute atomic E-state index is 14.4. The van der Waals surface area contributed by atoms with E-state index >= 15 is 0 Å². The van der Waals surface area contributed by atoms with Crippen molar-refractivity contribution >= 4 is 29.1 Å². The average molecular weight is 448 g/mol. The Balaban J connectivity index is 1.45. The zero-order valence-electron chi connectivity index (χ0n) is 18.3. The second kappa shape index (κ2) is 9.87. The molecular formula is C25H26FN5O2. The minimum absolute atomic E-state index is 0.00245. The number of nitrogens with zero attached hydrogens (tertiary/aromatic N) is 3. The molecule has 7 nitrogen and oxygen atoms in total. The van der Waals surface area contributed by atoms with E-state index in [9.17, 15) is 14.0 Å². The minimum Gasteiger partial charge on any atom is -0.347 e. The fourth-order valence-electron chi connectivity index (χ4n) is 3.81. The van der Waals surface area contributed by atoms with Gasteiger partial charge < -0.3 is 10.6 Å². The van der Waals surface area contributed by atoms with E-state index in [-0.39, 0.29) is 18.1 Å². The number of halogens is 1. The second-order valence-electron chi connectivity index (χ2n) is 8.17. The summed E-state index contributed by atoms with van der Waals surface area (Å²) in [6.45, 7) is 8.71. The lowest BCUT2D eigenvalue weighted by Crippen LogP contribution is -2.28. The molecule has 3 aromatic rings. The Morgan fingerprint density at radius 1 is 1.18 bits per heavy atom. The molecule has 1 aromatic carbocycles. The summed E-state index contributed by atoms with van der Waals surface area (Å²) in [7, 11) is 0. The summed E-state index contributed by atoms with van der Waals surface area (Å²) < 4.78 is 15.6. The summed E-state index contributed by atoms with van der Waals surface area (Å²) in [5.41, 5.74) is 1.47. The lowest BCUT2D eigenvalue weighted by molar-refractivity contribution is 0.0945. The van der Waals surface area contributed by atoms with Crippen molar-refractivity contribution in [1.82, 2.24) is 25.2 Å². The van der Waals surface area contributed by atoms with Crippen LogP contribution in [-0.2, 0) is 13.1 Å². The van der Waals surface area contributed by atoms with Crippen LogP contribution in [0, 0.1) is 11.9 Å². The van der Waals surface area contributed by atoms with Crippen LogP contribution in [-0.4, -0.2) is 27.0 Å². The quantitative estimate of drug-likeness (QED) is 0.490. The molecule has 0 aliphatic heterocycles. The van der Waals surface area contributed by atoms with E-state index in [1.165, 1.54) is 36.1 Å². The van der Waals surface area contributed by atoms with Gasteiger partial charge in [0.2, 0.25) is 5.95 Å². The van der Waals surface area contributed by atoms with Crippen molar-refractivity contribution in [2.75, 3.05) is 6.54 Å². The maximum atomic E-state index is 14.4. The van der Waals surface area contributed by atoms with Crippen LogP contribution in [0.3, 0.4) is 0 Å². The molecule has 33 heavy (non-hydrogen) atoms. The summed E-state index contributed by atoms with van der Waals surface area (Å²) in [4.78, 5) is 32.9. The molecule has 0 unspecified atom stereocenters. The van der Waals surface area contributed by atoms with Crippen LogP contribution in [0.4, 0.5) is 4.39 Å². The number of carbonyl (C=O) groups excluding carboxylic acids is 1. The molecule has 2 N–H and O–H groups in total. The van der Waals surface area contributed by atoms with Crippen molar-refractivity contribution in [3.05, 3.63) is 82.4 Å². The van der Waals surface area contributed by atoms with Crippen molar-refractivity contribution < 1.29 is 9.18 Å². The largest absolute Gasteiger partial charge is 0.347 e. The molecule has 0 spiro atoms. The van der Waals surface area contributed by atoms with Gasteiger partial charge in [-0.05, 0) is 55.1 Å². The molecule has 0 atom stereocenters. The first kappa shape index (κ1) is 22.5. The average Bonchev–Trinajstić information content (AvgIpc) is 2.78. The van der Waals surface area contributed by atoms with Gasteiger partial charge in [0.05, 0.1) is 5.52 Å². The smallest absolute Gasteiger partial charge is 0.270 e. The molecule has 1 fully saturated rings. The van der Waals surface area contributed by atoms with Gasteiger partial charge >= 0.3 is 0 Å². The Bertz CT molecular complexity index is 1280. The number of aromatic nitrogens is 3. The van der Waals surface area contributed by atoms with Crippen molar-refractivity contribution in [3.63, 3.8) is 0 Å². The first-order chi connectivity index (χ1) is 16.0. The second-order valence-corrected chi connectivity index (χ2v) is 8.17. The van der Waals surface area contributed by atoms with E-state index in [2.05, 4.69) is 33.8 Å². The SMILES string of the molecule is C=Cc1nc(C(=O)NCc2ccc3nc(F)c(CNCC4CCC4)cc3c2)cc(=O)n1C=C. The molecule has 1 aliphatic rings. The first-order valence-electron chi connectivity index (χ1n) is 10.9. The van der Waals surface area contributed by atoms with E-state index in [0.717, 1.165) is 23.6 Å². The molecule has 0 saturated heterocycles. The standard InChI is InChI=1S/C25H26FN5O2/c1-3-22-29-21(12-23(32)31(22)4-2)25(33)28-14-17-8-9-20-18(10-17)11-19(24(26)30-20)15-27-13-16-6-5-7-16/h3-4,8-12,16,27H,1-2,5-7,13-15H2,(H,28,33). The Morgan fingerprint density at radius 2 is 2.00 bits per heavy atom. The number of fused-ring (bicyclic) bond motifs is 1. The summed E-state index contributed by atoms with van der Waals surface area (Å²) >= 11 is 0. The number of rotatable bonds is 9. The highest BCUT2D eigenvalue weighted by atomic mass is 19.1. The van der Waals surface area contributed by atoms with Gasteiger partial charge in [0.15, 0.2) is 0 Å². The van der Waals surface area contributed by atoms with Crippen LogP contribution >= 0.6 is 0 Å². The van der Waals surface area contributed by atoms with Gasteiger partial charge in [-0.3, -0.25) is 14.2 Å². The maximum Gasteiger partial charge on any atom is 0.270 e. The fraction of sp³-hybridized carbons (Fsp3) is 0.280. The van der Waals surface area contributed by atoms with Crippen molar-refractivity contribution in [1.29, 1.82) is 0 Å². The van der Waals surface area contributed by atoms with Crippen molar-refractivity contribution in [2.45, 2.75) is 32.4 Å². The van der Waals surface area contributed by atoms with Gasteiger partial charge in [-0.2, -0.15) is 4.39 Å². The molecule has 170 valence electrons. The zero-order valence-corrected chi connectivity index (χ0v) is 18.3. The molecule has 0 radical (unpaired) electrons. The summed E-state index contributed by atoms with van der Waals surface area (Å²) in [6.07, 6.45) is 6.45. The van der Waals surface area contributed by atoms with Crippen LogP contribution in [0.2, 0.25) is 0 Å². The molecule has 1 amide bonds. The molecule has 1 aliphatic carbocycles. The predicted octanol–water partition coefficient (Wildman–Crippen LogP) is 3.49. The third-order valence-electron chi connectivity index (χ3n) is 5.91. The Morgan fingerprint density at radius 3 is 2.70 bits per heavy atom. The minimum atomic E-state index is -0.482. The predicted molar refractivity (Wildman–Crippen MR) is 127 cm³/mol. The molecule has 4 rings (SSSR count). The van der Waals surface area contributed by atoms with Crippen LogP contribution < -0.4 is 16.2 Å². The van der Waals surface area contributed by atoms with E-state index in [0.29, 0.717) is 23.5 Å². The molecule has 8 heteroatoms. The van der Waals surface area contributed by atoms with E-state index < -0.39 is 17.4 Å². The van der Waals surface area contributed by atoms with Gasteiger partial charge in [-0.1, -0.05) is 25.6 Å². The Kier molecular flexibility index (Phi) is 6.74. The zero-order chi connectivity index (χ0) is 23.4. The molecular weight excluding hydrogens is 421 g/mol. The number of nitrogens with one attached hydrogen (secondary N) is 2. The normalized spacial score (nSPS) is 13.5. The monoisotopic (exact) mass is 447 g/mol. The number of carbonyl (C=O) groups is 1. The van der Waals surface area contributed by atoms with Gasteiger partial charge in [-0.25, -0.2) is 9.97 Å². The first-order valence-corrected chi connectivity index (χ1v) is 10.9. The highest BCUT2D eigenvalue weighted by Gasteiger charge is 2.17. The van der Waals surface area contributed by atoms with Gasteiger partial charge in [0, 0.05) is 36.3 Å². The number of hydrogen-bond donors (Lipinski definition) is 2. The van der Waals surface area contributed by atoms with Gasteiger partial charge in [0.25, 0.3) is 11.5 Å². The Hall–Kier alpha value is -3.65. The highest BCUT2D eigenvalue weighted by molar-refractivity contribution is 5.92.